The molecule has 0 saturated heterocycles. The molecule has 1 aromatic heterocycles. The van der Waals surface area contributed by atoms with E-state index in [0.29, 0.717) is 5.56 Å². The smallest absolute Gasteiger partial charge is 0.195 e. The molecule has 0 fully saturated rings. The Morgan fingerprint density at radius 1 is 0.914 bits per heavy atom. The largest absolute Gasteiger partial charge is 0.512 e. The van der Waals surface area contributed by atoms with E-state index in [1.165, 1.54) is 25.5 Å². The summed E-state index contributed by atoms with van der Waals surface area (Å²) in [4.78, 5) is 27.9. The number of aryl methyl sites for hydroxylation is 3. The first-order valence-electron chi connectivity index (χ1n) is 11.1. The summed E-state index contributed by atoms with van der Waals surface area (Å²) in [6, 6.07) is 19.9. The number of aromatic nitrogens is 1. The molecule has 0 unspecified atom stereocenters. The van der Waals surface area contributed by atoms with Crippen LogP contribution in [0.5, 0.6) is 0 Å². The van der Waals surface area contributed by atoms with Crippen molar-refractivity contribution in [2.75, 3.05) is 0 Å². The zero-order valence-corrected chi connectivity index (χ0v) is 22.7. The molecule has 0 atom stereocenters. The minimum Gasteiger partial charge on any atom is -0.512 e. The van der Waals surface area contributed by atoms with Crippen molar-refractivity contribution in [3.63, 3.8) is 0 Å². The van der Waals surface area contributed by atoms with E-state index in [9.17, 15) is 9.59 Å². The van der Waals surface area contributed by atoms with Gasteiger partial charge < -0.3 is 10.1 Å². The molecule has 179 valence electrons. The third kappa shape index (κ3) is 5.32. The summed E-state index contributed by atoms with van der Waals surface area (Å²) in [5.74, 6) is -0.00616. The topological polar surface area (TPSA) is 67.3 Å². The van der Waals surface area contributed by atoms with Crippen LogP contribution in [0.4, 0.5) is 0 Å². The zero-order valence-electron chi connectivity index (χ0n) is 20.3. The molecule has 35 heavy (non-hydrogen) atoms. The average molecular weight is 641 g/mol. The number of nitrogens with zero attached hydrogens (tertiary/aromatic N) is 1. The van der Waals surface area contributed by atoms with E-state index < -0.39 is 0 Å². The van der Waals surface area contributed by atoms with Crippen LogP contribution in [0, 0.1) is 26.8 Å². The molecule has 1 aliphatic rings. The standard InChI is InChI=1S/C25H18NO.C5H8O2.Ir/c1-14-7-8-18-19-5-4-6-20-23(19)22(25(27)21(18)12-14)13-26-24(20)17-10-15(2)9-16(3)11-17;1-4(6)3-5(2)7;/h4-10,12-13H,1-3H3;3,6H,1-2H3;/q-1;;/b;4-3-;. The summed E-state index contributed by atoms with van der Waals surface area (Å²) < 4.78 is 0. The van der Waals surface area contributed by atoms with Crippen LogP contribution in [0.3, 0.4) is 0 Å². The molecule has 4 aromatic rings. The van der Waals surface area contributed by atoms with Gasteiger partial charge in [-0.1, -0.05) is 49.7 Å². The van der Waals surface area contributed by atoms with Crippen molar-refractivity contribution < 1.29 is 34.8 Å². The number of aliphatic hydroxyl groups excluding tert-OH is 1. The van der Waals surface area contributed by atoms with Crippen molar-refractivity contribution in [3.8, 4) is 22.4 Å². The van der Waals surface area contributed by atoms with Gasteiger partial charge in [0.15, 0.2) is 11.6 Å². The van der Waals surface area contributed by atoms with Gasteiger partial charge >= 0.3 is 0 Å². The van der Waals surface area contributed by atoms with Gasteiger partial charge in [-0.2, -0.15) is 0 Å². The van der Waals surface area contributed by atoms with Crippen molar-refractivity contribution in [2.24, 2.45) is 0 Å². The monoisotopic (exact) mass is 641 g/mol. The van der Waals surface area contributed by atoms with Gasteiger partial charge in [0.25, 0.3) is 0 Å². The van der Waals surface area contributed by atoms with E-state index in [0.717, 1.165) is 49.8 Å². The molecule has 3 aromatic carbocycles. The predicted octanol–water partition coefficient (Wildman–Crippen LogP) is 6.87. The maximum Gasteiger partial charge on any atom is 0.195 e. The van der Waals surface area contributed by atoms with E-state index in [1.807, 2.05) is 19.9 Å². The number of hydrogen-bond donors (Lipinski definition) is 1. The summed E-state index contributed by atoms with van der Waals surface area (Å²) >= 11 is 0. The molecular formula is C30H26IrNO3-. The Balaban J connectivity index is 0.000000378. The fraction of sp³-hybridized carbons (Fsp3) is 0.167. The third-order valence-corrected chi connectivity index (χ3v) is 5.68. The first-order valence-corrected chi connectivity index (χ1v) is 11.1. The molecule has 0 amide bonds. The number of rotatable bonds is 2. The van der Waals surface area contributed by atoms with Gasteiger partial charge in [-0.15, -0.1) is 34.9 Å². The Labute approximate surface area is 219 Å². The van der Waals surface area contributed by atoms with Crippen molar-refractivity contribution in [3.05, 3.63) is 100 Å². The number of ketones is 2. The quantitative estimate of drug-likeness (QED) is 0.130. The number of fused-ring (bicyclic) bond motifs is 2. The SMILES string of the molecule is CC(=O)/C=C(/C)O.Cc1[c-]c(-c2ncc3c4c(cccc24)-c2ccc(C)cc2C3=O)cc(C)c1.[Ir]. The Bertz CT molecular complexity index is 1480. The maximum absolute atomic E-state index is 13.2. The normalized spacial score (nSPS) is 11.8. The van der Waals surface area contributed by atoms with E-state index in [4.69, 9.17) is 10.1 Å². The number of carbonyl (C=O) groups excluding carboxylic acids is 2. The van der Waals surface area contributed by atoms with Crippen LogP contribution in [-0.2, 0) is 24.9 Å². The first-order chi connectivity index (χ1) is 16.2. The van der Waals surface area contributed by atoms with Crippen LogP contribution in [0.15, 0.2) is 66.6 Å². The van der Waals surface area contributed by atoms with E-state index in [1.54, 1.807) is 6.20 Å². The molecule has 1 heterocycles. The van der Waals surface area contributed by atoms with Crippen LogP contribution >= 0.6 is 0 Å². The van der Waals surface area contributed by atoms with E-state index in [2.05, 4.69) is 55.5 Å². The number of pyridine rings is 1. The molecule has 0 bridgehead atoms. The molecule has 5 rings (SSSR count). The number of carbonyl (C=O) groups is 2. The van der Waals surface area contributed by atoms with Crippen molar-refractivity contribution in [2.45, 2.75) is 34.6 Å². The van der Waals surface area contributed by atoms with Crippen LogP contribution in [0.2, 0.25) is 0 Å². The van der Waals surface area contributed by atoms with Crippen molar-refractivity contribution in [1.82, 2.24) is 4.98 Å². The molecule has 0 aliphatic heterocycles. The zero-order chi connectivity index (χ0) is 24.6. The molecule has 1 radical (unpaired) electrons. The average Bonchev–Trinajstić information content (AvgIpc) is 2.76. The van der Waals surface area contributed by atoms with E-state index in [-0.39, 0.29) is 37.4 Å². The minimum absolute atomic E-state index is 0. The third-order valence-electron chi connectivity index (χ3n) is 5.68. The van der Waals surface area contributed by atoms with E-state index >= 15 is 0 Å². The summed E-state index contributed by atoms with van der Waals surface area (Å²) in [6.07, 6.45) is 2.90. The molecular weight excluding hydrogens is 615 g/mol. The fourth-order valence-corrected chi connectivity index (χ4v) is 4.46. The molecule has 4 nitrogen and oxygen atoms in total. The first kappa shape index (κ1) is 26.2. The van der Waals surface area contributed by atoms with Gasteiger partial charge in [-0.3, -0.25) is 9.59 Å². The van der Waals surface area contributed by atoms with Gasteiger partial charge in [0.2, 0.25) is 0 Å². The van der Waals surface area contributed by atoms with Gasteiger partial charge in [-0.05, 0) is 54.4 Å². The van der Waals surface area contributed by atoms with Gasteiger partial charge in [0.05, 0.1) is 5.76 Å². The fourth-order valence-electron chi connectivity index (χ4n) is 4.46. The minimum atomic E-state index is -0.125. The molecule has 0 spiro atoms. The molecule has 1 N–H and O–H groups in total. The van der Waals surface area contributed by atoms with Gasteiger partial charge in [-0.25, -0.2) is 0 Å². The number of allylic oxidation sites excluding steroid dienone is 2. The van der Waals surface area contributed by atoms with Crippen LogP contribution < -0.4 is 0 Å². The van der Waals surface area contributed by atoms with Crippen molar-refractivity contribution in [1.29, 1.82) is 0 Å². The maximum atomic E-state index is 13.2. The second kappa shape index (κ2) is 10.5. The number of aliphatic hydroxyl groups is 1. The van der Waals surface area contributed by atoms with Crippen molar-refractivity contribution >= 4 is 22.3 Å². The Hall–Kier alpha value is -3.40. The van der Waals surface area contributed by atoms with Crippen LogP contribution in [-0.4, -0.2) is 21.7 Å². The second-order valence-corrected chi connectivity index (χ2v) is 8.78. The summed E-state index contributed by atoms with van der Waals surface area (Å²) in [5, 5.41) is 10.4. The summed E-state index contributed by atoms with van der Waals surface area (Å²) in [7, 11) is 0. The summed E-state index contributed by atoms with van der Waals surface area (Å²) in [5.41, 5.74) is 8.77. The Morgan fingerprint density at radius 3 is 2.29 bits per heavy atom. The van der Waals surface area contributed by atoms with Gasteiger partial charge in [0.1, 0.15) is 0 Å². The number of benzene rings is 3. The van der Waals surface area contributed by atoms with Gasteiger partial charge in [0, 0.05) is 43.5 Å². The second-order valence-electron chi connectivity index (χ2n) is 8.78. The number of hydrogen-bond acceptors (Lipinski definition) is 4. The van der Waals surface area contributed by atoms with Crippen LogP contribution in [0.1, 0.15) is 46.5 Å². The molecule has 1 aliphatic carbocycles. The van der Waals surface area contributed by atoms with Crippen LogP contribution in [0.25, 0.3) is 33.2 Å². The predicted molar refractivity (Wildman–Crippen MR) is 136 cm³/mol. The summed E-state index contributed by atoms with van der Waals surface area (Å²) in [6.45, 7) is 8.99. The molecule has 5 heteroatoms. The Kier molecular flexibility index (Phi) is 7.84. The Morgan fingerprint density at radius 2 is 1.66 bits per heavy atom. The molecule has 0 saturated carbocycles.